The molecule has 0 fully saturated rings. The van der Waals surface area contributed by atoms with Crippen LogP contribution in [0.5, 0.6) is 0 Å². The molecule has 1 aromatic heterocycles. The highest BCUT2D eigenvalue weighted by molar-refractivity contribution is 9.11. The topological polar surface area (TPSA) is 29.1 Å². The van der Waals surface area contributed by atoms with Crippen LogP contribution in [-0.2, 0) is 11.0 Å². The summed E-state index contributed by atoms with van der Waals surface area (Å²) >= 11 is 5.20. The SMILES string of the molecule is Cc1cc(C)c([S@](=O)N[C@H](c2ccc(Br)s2)C(C)C)c(C)c1. The summed E-state index contributed by atoms with van der Waals surface area (Å²) in [5.74, 6) is 0.362. The lowest BCUT2D eigenvalue weighted by molar-refractivity contribution is 0.485. The number of nitrogens with one attached hydrogen (secondary N) is 1. The van der Waals surface area contributed by atoms with E-state index < -0.39 is 11.0 Å². The molecule has 0 bridgehead atoms. The first-order chi connectivity index (χ1) is 10.3. The van der Waals surface area contributed by atoms with Crippen LogP contribution in [0.2, 0.25) is 0 Å². The quantitative estimate of drug-likeness (QED) is 0.711. The molecule has 22 heavy (non-hydrogen) atoms. The maximum absolute atomic E-state index is 12.9. The van der Waals surface area contributed by atoms with Gasteiger partial charge in [-0.05, 0) is 65.9 Å². The van der Waals surface area contributed by atoms with Crippen molar-refractivity contribution in [2.75, 3.05) is 0 Å². The summed E-state index contributed by atoms with van der Waals surface area (Å²) in [5, 5.41) is 0. The Kier molecular flexibility index (Phi) is 6.00. The van der Waals surface area contributed by atoms with Gasteiger partial charge in [-0.3, -0.25) is 0 Å². The van der Waals surface area contributed by atoms with E-state index in [0.29, 0.717) is 5.92 Å². The molecule has 5 heteroatoms. The number of thiophene rings is 1. The van der Waals surface area contributed by atoms with Gasteiger partial charge < -0.3 is 0 Å². The van der Waals surface area contributed by atoms with Crippen molar-refractivity contribution in [1.29, 1.82) is 0 Å². The molecule has 2 rings (SSSR count). The van der Waals surface area contributed by atoms with Crippen LogP contribution in [0, 0.1) is 26.7 Å². The molecule has 2 nitrogen and oxygen atoms in total. The number of rotatable bonds is 5. The maximum Gasteiger partial charge on any atom is 0.126 e. The third-order valence-electron chi connectivity index (χ3n) is 3.59. The second kappa shape index (κ2) is 7.39. The van der Waals surface area contributed by atoms with Crippen molar-refractivity contribution in [1.82, 2.24) is 4.72 Å². The van der Waals surface area contributed by atoms with Crippen LogP contribution in [0.15, 0.2) is 32.9 Å². The van der Waals surface area contributed by atoms with Gasteiger partial charge in [0.2, 0.25) is 0 Å². The van der Waals surface area contributed by atoms with E-state index in [-0.39, 0.29) is 6.04 Å². The van der Waals surface area contributed by atoms with Gasteiger partial charge >= 0.3 is 0 Å². The lowest BCUT2D eigenvalue weighted by Gasteiger charge is -2.22. The fraction of sp³-hybridized carbons (Fsp3) is 0.412. The van der Waals surface area contributed by atoms with E-state index in [9.17, 15) is 4.21 Å². The molecule has 2 aromatic rings. The predicted octanol–water partition coefficient (Wildman–Crippen LogP) is 5.45. The van der Waals surface area contributed by atoms with Gasteiger partial charge in [0.25, 0.3) is 0 Å². The van der Waals surface area contributed by atoms with E-state index >= 15 is 0 Å². The molecule has 0 saturated heterocycles. The highest BCUT2D eigenvalue weighted by atomic mass is 79.9. The highest BCUT2D eigenvalue weighted by Gasteiger charge is 2.22. The first kappa shape index (κ1) is 17.9. The maximum atomic E-state index is 12.9. The molecule has 0 aliphatic heterocycles. The van der Waals surface area contributed by atoms with Gasteiger partial charge in [-0.25, -0.2) is 8.93 Å². The van der Waals surface area contributed by atoms with Gasteiger partial charge in [-0.2, -0.15) is 0 Å². The Balaban J connectivity index is 2.30. The van der Waals surface area contributed by atoms with Gasteiger partial charge in [-0.15, -0.1) is 11.3 Å². The standard InChI is InChI=1S/C17H22BrNOS2/c1-10(2)16(14-6-7-15(18)21-14)19-22(20)17-12(4)8-11(3)9-13(17)5/h6-10,16,19H,1-5H3/t16-,22-/m0/s1. The van der Waals surface area contributed by atoms with Crippen LogP contribution >= 0.6 is 27.3 Å². The monoisotopic (exact) mass is 399 g/mol. The van der Waals surface area contributed by atoms with E-state index in [0.717, 1.165) is 19.8 Å². The van der Waals surface area contributed by atoms with Crippen LogP contribution in [0.3, 0.4) is 0 Å². The lowest BCUT2D eigenvalue weighted by Crippen LogP contribution is -2.27. The molecule has 1 heterocycles. The molecule has 0 spiro atoms. The smallest absolute Gasteiger partial charge is 0.126 e. The summed E-state index contributed by atoms with van der Waals surface area (Å²) in [6.45, 7) is 10.4. The van der Waals surface area contributed by atoms with Crippen molar-refractivity contribution in [2.24, 2.45) is 5.92 Å². The Hall–Kier alpha value is -0.490. The fourth-order valence-corrected chi connectivity index (χ4v) is 5.82. The highest BCUT2D eigenvalue weighted by Crippen LogP contribution is 2.32. The molecular weight excluding hydrogens is 378 g/mol. The summed E-state index contributed by atoms with van der Waals surface area (Å²) in [4.78, 5) is 2.12. The number of aryl methyl sites for hydroxylation is 3. The first-order valence-electron chi connectivity index (χ1n) is 7.30. The zero-order chi connectivity index (χ0) is 16.4. The molecular formula is C17H22BrNOS2. The zero-order valence-electron chi connectivity index (χ0n) is 13.6. The van der Waals surface area contributed by atoms with E-state index in [1.165, 1.54) is 10.4 Å². The Morgan fingerprint density at radius 3 is 2.18 bits per heavy atom. The van der Waals surface area contributed by atoms with Gasteiger partial charge in [0, 0.05) is 4.88 Å². The van der Waals surface area contributed by atoms with Crippen molar-refractivity contribution in [3.8, 4) is 0 Å². The molecule has 1 N–H and O–H groups in total. The second-order valence-electron chi connectivity index (χ2n) is 5.98. The van der Waals surface area contributed by atoms with E-state index in [4.69, 9.17) is 0 Å². The van der Waals surface area contributed by atoms with Crippen LogP contribution in [0.1, 0.15) is 41.5 Å². The number of hydrogen-bond acceptors (Lipinski definition) is 2. The summed E-state index contributed by atoms with van der Waals surface area (Å²) in [7, 11) is -1.22. The first-order valence-corrected chi connectivity index (χ1v) is 10.1. The van der Waals surface area contributed by atoms with Gasteiger partial charge in [0.1, 0.15) is 11.0 Å². The summed E-state index contributed by atoms with van der Waals surface area (Å²) in [5.41, 5.74) is 3.37. The van der Waals surface area contributed by atoms with Crippen LogP contribution in [0.25, 0.3) is 0 Å². The Labute approximate surface area is 148 Å². The summed E-state index contributed by atoms with van der Waals surface area (Å²) in [6, 6.07) is 8.40. The van der Waals surface area contributed by atoms with Crippen LogP contribution in [-0.4, -0.2) is 4.21 Å². The third-order valence-corrected chi connectivity index (χ3v) is 6.78. The number of halogens is 1. The minimum Gasteiger partial charge on any atom is -0.237 e. The molecule has 2 atom stereocenters. The Bertz CT molecular complexity index is 671. The van der Waals surface area contributed by atoms with Gasteiger partial charge in [0.15, 0.2) is 0 Å². The predicted molar refractivity (Wildman–Crippen MR) is 99.8 cm³/mol. The minimum absolute atomic E-state index is 0.0808. The molecule has 0 amide bonds. The molecule has 0 aliphatic carbocycles. The summed E-state index contributed by atoms with van der Waals surface area (Å²) < 4.78 is 17.3. The fourth-order valence-electron chi connectivity index (χ4n) is 2.65. The van der Waals surface area contributed by atoms with Crippen LogP contribution < -0.4 is 4.72 Å². The minimum atomic E-state index is -1.22. The zero-order valence-corrected chi connectivity index (χ0v) is 16.8. The Morgan fingerprint density at radius 1 is 1.14 bits per heavy atom. The molecule has 120 valence electrons. The van der Waals surface area contributed by atoms with Gasteiger partial charge in [-0.1, -0.05) is 31.5 Å². The second-order valence-corrected chi connectivity index (χ2v) is 9.65. The molecule has 0 aliphatic rings. The third kappa shape index (κ3) is 4.07. The molecule has 1 aromatic carbocycles. The van der Waals surface area contributed by atoms with E-state index in [1.807, 2.05) is 19.9 Å². The van der Waals surface area contributed by atoms with Crippen molar-refractivity contribution >= 4 is 38.3 Å². The lowest BCUT2D eigenvalue weighted by atomic mass is 10.0. The van der Waals surface area contributed by atoms with Crippen molar-refractivity contribution in [3.05, 3.63) is 49.6 Å². The summed E-state index contributed by atoms with van der Waals surface area (Å²) in [6.07, 6.45) is 0. The molecule has 0 unspecified atom stereocenters. The average molecular weight is 400 g/mol. The van der Waals surface area contributed by atoms with Crippen LogP contribution in [0.4, 0.5) is 0 Å². The molecule has 0 saturated carbocycles. The largest absolute Gasteiger partial charge is 0.237 e. The normalized spacial score (nSPS) is 14.3. The van der Waals surface area contributed by atoms with Crippen molar-refractivity contribution in [2.45, 2.75) is 45.6 Å². The molecule has 0 radical (unpaired) electrons. The van der Waals surface area contributed by atoms with E-state index in [1.54, 1.807) is 11.3 Å². The van der Waals surface area contributed by atoms with Gasteiger partial charge in [0.05, 0.1) is 14.7 Å². The number of benzene rings is 1. The average Bonchev–Trinajstić information content (AvgIpc) is 2.80. The number of hydrogen-bond donors (Lipinski definition) is 1. The van der Waals surface area contributed by atoms with E-state index in [2.05, 4.69) is 59.6 Å². The van der Waals surface area contributed by atoms with Crippen molar-refractivity contribution in [3.63, 3.8) is 0 Å². The van der Waals surface area contributed by atoms with Crippen molar-refractivity contribution < 1.29 is 4.21 Å². The Morgan fingerprint density at radius 2 is 1.73 bits per heavy atom.